The summed E-state index contributed by atoms with van der Waals surface area (Å²) in [6.45, 7) is 2.75. The molecule has 0 unspecified atom stereocenters. The van der Waals surface area contributed by atoms with Crippen LogP contribution in [-0.2, 0) is 19.6 Å². The number of hydrogen-bond donors (Lipinski definition) is 0. The minimum atomic E-state index is -5.99. The highest BCUT2D eigenvalue weighted by Crippen LogP contribution is 2.27. The van der Waals surface area contributed by atoms with Crippen molar-refractivity contribution in [2.75, 3.05) is 13.2 Å². The van der Waals surface area contributed by atoms with Crippen LogP contribution in [0, 0.1) is 0 Å². The van der Waals surface area contributed by atoms with E-state index >= 15 is 0 Å². The second-order valence-electron chi connectivity index (χ2n) is 4.00. The maximum absolute atomic E-state index is 12.4. The summed E-state index contributed by atoms with van der Waals surface area (Å²) >= 11 is 0. The summed E-state index contributed by atoms with van der Waals surface area (Å²) in [6.07, 6.45) is 0. The Balaban J connectivity index is 3.33. The Bertz CT molecular complexity index is 694. The maximum atomic E-state index is 12.4. The molecule has 1 rings (SSSR count). The van der Waals surface area contributed by atoms with Crippen LogP contribution in [0.15, 0.2) is 12.1 Å². The molecule has 0 amide bonds. The van der Waals surface area contributed by atoms with E-state index in [1.807, 2.05) is 0 Å². The summed E-state index contributed by atoms with van der Waals surface area (Å²) in [4.78, 5) is 26.8. The molecule has 8 nitrogen and oxygen atoms in total. The highest BCUT2D eigenvalue weighted by molar-refractivity contribution is 7.88. The van der Waals surface area contributed by atoms with E-state index in [1.54, 1.807) is 0 Å². The van der Waals surface area contributed by atoms with Gasteiger partial charge in [-0.25, -0.2) is 14.6 Å². The molecule has 1 heterocycles. The molecule has 0 N–H and O–H groups in total. The van der Waals surface area contributed by atoms with Crippen LogP contribution in [0.2, 0.25) is 0 Å². The highest BCUT2D eigenvalue weighted by Gasteiger charge is 2.48. The number of esters is 2. The molecule has 1 aromatic rings. The molecule has 0 fully saturated rings. The normalized spacial score (nSPS) is 11.7. The number of carbonyl (C=O) groups excluding carboxylic acids is 2. The first kappa shape index (κ1) is 19.7. The molecule has 1 aromatic heterocycles. The van der Waals surface area contributed by atoms with E-state index in [-0.39, 0.29) is 13.2 Å². The topological polar surface area (TPSA) is 109 Å². The number of pyridine rings is 1. The van der Waals surface area contributed by atoms with Gasteiger partial charge in [0.1, 0.15) is 5.75 Å². The van der Waals surface area contributed by atoms with Crippen LogP contribution < -0.4 is 4.18 Å². The Kier molecular flexibility index (Phi) is 6.12. The first-order chi connectivity index (χ1) is 11.0. The van der Waals surface area contributed by atoms with Crippen LogP contribution in [0.3, 0.4) is 0 Å². The molecule has 0 aliphatic carbocycles. The van der Waals surface area contributed by atoms with Gasteiger partial charge >= 0.3 is 27.6 Å². The van der Waals surface area contributed by atoms with Gasteiger partial charge in [-0.2, -0.15) is 21.6 Å². The first-order valence-electron chi connectivity index (χ1n) is 6.39. The molecule has 134 valence electrons. The molecule has 0 radical (unpaired) electrons. The van der Waals surface area contributed by atoms with Gasteiger partial charge in [-0.3, -0.25) is 0 Å². The summed E-state index contributed by atoms with van der Waals surface area (Å²) in [7, 11) is -5.99. The molecular weight excluding hydrogens is 359 g/mol. The third-order valence-electron chi connectivity index (χ3n) is 2.26. The molecule has 0 aromatic carbocycles. The first-order valence-corrected chi connectivity index (χ1v) is 7.79. The summed E-state index contributed by atoms with van der Waals surface area (Å²) in [5.74, 6) is -3.11. The maximum Gasteiger partial charge on any atom is 0.534 e. The number of nitrogens with zero attached hydrogens (tertiary/aromatic N) is 1. The lowest BCUT2D eigenvalue weighted by atomic mass is 10.3. The van der Waals surface area contributed by atoms with Crippen molar-refractivity contribution >= 4 is 22.1 Å². The van der Waals surface area contributed by atoms with Crippen molar-refractivity contribution in [3.05, 3.63) is 23.5 Å². The summed E-state index contributed by atoms with van der Waals surface area (Å²) in [6, 6.07) is 1.20. The Morgan fingerprint density at radius 2 is 1.46 bits per heavy atom. The summed E-state index contributed by atoms with van der Waals surface area (Å²) in [5.41, 5.74) is -6.92. The van der Waals surface area contributed by atoms with E-state index in [4.69, 9.17) is 0 Å². The van der Waals surface area contributed by atoms with Gasteiger partial charge in [-0.15, -0.1) is 0 Å². The average Bonchev–Trinajstić information content (AvgIpc) is 2.45. The smallest absolute Gasteiger partial charge is 0.461 e. The Morgan fingerprint density at radius 1 is 1.04 bits per heavy atom. The molecule has 0 aliphatic heterocycles. The van der Waals surface area contributed by atoms with E-state index in [1.165, 1.54) is 13.8 Å². The molecule has 0 aliphatic rings. The lowest BCUT2D eigenvalue weighted by Gasteiger charge is -2.11. The van der Waals surface area contributed by atoms with E-state index < -0.39 is 44.7 Å². The van der Waals surface area contributed by atoms with Gasteiger partial charge in [-0.05, 0) is 13.8 Å². The lowest BCUT2D eigenvalue weighted by molar-refractivity contribution is -0.0500. The second-order valence-corrected chi connectivity index (χ2v) is 5.54. The van der Waals surface area contributed by atoms with Gasteiger partial charge in [0, 0.05) is 12.1 Å². The highest BCUT2D eigenvalue weighted by atomic mass is 32.2. The minimum absolute atomic E-state index is 0.0822. The summed E-state index contributed by atoms with van der Waals surface area (Å²) < 4.78 is 72.3. The Hall–Kier alpha value is -2.37. The quantitative estimate of drug-likeness (QED) is 0.422. The van der Waals surface area contributed by atoms with Crippen molar-refractivity contribution in [1.82, 2.24) is 4.98 Å². The predicted octanol–water partition coefficient (Wildman–Crippen LogP) is 1.66. The van der Waals surface area contributed by atoms with Crippen LogP contribution in [0.4, 0.5) is 13.2 Å². The van der Waals surface area contributed by atoms with Crippen LogP contribution in [0.1, 0.15) is 34.8 Å². The zero-order valence-electron chi connectivity index (χ0n) is 12.4. The van der Waals surface area contributed by atoms with Crippen LogP contribution in [0.5, 0.6) is 5.75 Å². The fraction of sp³-hybridized carbons (Fsp3) is 0.417. The SMILES string of the molecule is CCOC(=O)c1cc(OS(=O)(=O)C(F)(F)F)cc(C(=O)OCC)n1. The van der Waals surface area contributed by atoms with E-state index in [0.29, 0.717) is 12.1 Å². The Labute approximate surface area is 134 Å². The van der Waals surface area contributed by atoms with Crippen molar-refractivity contribution in [3.8, 4) is 5.75 Å². The summed E-state index contributed by atoms with van der Waals surface area (Å²) in [5, 5.41) is 0. The van der Waals surface area contributed by atoms with Crippen molar-refractivity contribution in [1.29, 1.82) is 0 Å². The van der Waals surface area contributed by atoms with Gasteiger partial charge in [-0.1, -0.05) is 0 Å². The van der Waals surface area contributed by atoms with Crippen molar-refractivity contribution in [3.63, 3.8) is 0 Å². The molecule has 0 spiro atoms. The van der Waals surface area contributed by atoms with Gasteiger partial charge < -0.3 is 13.7 Å². The number of rotatable bonds is 6. The zero-order valence-corrected chi connectivity index (χ0v) is 13.2. The number of halogens is 3. The molecule has 24 heavy (non-hydrogen) atoms. The van der Waals surface area contributed by atoms with E-state index in [0.717, 1.165) is 0 Å². The van der Waals surface area contributed by atoms with Crippen LogP contribution in [-0.4, -0.2) is 44.1 Å². The van der Waals surface area contributed by atoms with Gasteiger partial charge in [0.25, 0.3) is 0 Å². The molecule has 0 bridgehead atoms. The van der Waals surface area contributed by atoms with Crippen LogP contribution in [0.25, 0.3) is 0 Å². The number of carbonyl (C=O) groups is 2. The Morgan fingerprint density at radius 3 is 1.79 bits per heavy atom. The number of alkyl halides is 3. The third-order valence-corrected chi connectivity index (χ3v) is 3.24. The number of aromatic nitrogens is 1. The standard InChI is InChI=1S/C12H12F3NO7S/c1-3-21-10(17)8-5-7(23-24(19,20)12(13,14)15)6-9(16-8)11(18)22-4-2/h5-6H,3-4H2,1-2H3. The molecule has 0 saturated carbocycles. The zero-order chi connectivity index (χ0) is 18.5. The lowest BCUT2D eigenvalue weighted by Crippen LogP contribution is -2.28. The predicted molar refractivity (Wildman–Crippen MR) is 71.8 cm³/mol. The van der Waals surface area contributed by atoms with Crippen molar-refractivity contribution < 1.29 is 44.8 Å². The van der Waals surface area contributed by atoms with Gasteiger partial charge in [0.05, 0.1) is 13.2 Å². The number of ether oxygens (including phenoxy) is 2. The van der Waals surface area contributed by atoms with E-state index in [9.17, 15) is 31.2 Å². The molecule has 0 atom stereocenters. The number of hydrogen-bond acceptors (Lipinski definition) is 8. The van der Waals surface area contributed by atoms with Gasteiger partial charge in [0.2, 0.25) is 0 Å². The monoisotopic (exact) mass is 371 g/mol. The average molecular weight is 371 g/mol. The van der Waals surface area contributed by atoms with Crippen molar-refractivity contribution in [2.45, 2.75) is 19.4 Å². The third kappa shape index (κ3) is 4.81. The van der Waals surface area contributed by atoms with E-state index in [2.05, 4.69) is 18.6 Å². The van der Waals surface area contributed by atoms with Gasteiger partial charge in [0.15, 0.2) is 11.4 Å². The minimum Gasteiger partial charge on any atom is -0.461 e. The molecular formula is C12H12F3NO7S. The van der Waals surface area contributed by atoms with Crippen LogP contribution >= 0.6 is 0 Å². The molecule has 12 heteroatoms. The molecule has 0 saturated heterocycles. The van der Waals surface area contributed by atoms with Crippen molar-refractivity contribution in [2.24, 2.45) is 0 Å². The largest absolute Gasteiger partial charge is 0.534 e. The fourth-order valence-electron chi connectivity index (χ4n) is 1.35. The fourth-order valence-corrected chi connectivity index (χ4v) is 1.79. The second kappa shape index (κ2) is 7.47.